The third-order valence-electron chi connectivity index (χ3n) is 8.18. The Balaban J connectivity index is 1.41. The van der Waals surface area contributed by atoms with Crippen LogP contribution in [0.2, 0.25) is 0 Å². The van der Waals surface area contributed by atoms with Gasteiger partial charge in [0.2, 0.25) is 6.23 Å². The van der Waals surface area contributed by atoms with Crippen molar-refractivity contribution in [3.63, 3.8) is 0 Å². The van der Waals surface area contributed by atoms with E-state index in [-0.39, 0.29) is 5.82 Å². The number of carboxylic acid groups (broad SMARTS) is 1. The van der Waals surface area contributed by atoms with Gasteiger partial charge in [-0.05, 0) is 80.8 Å². The van der Waals surface area contributed by atoms with Gasteiger partial charge in [-0.1, -0.05) is 30.3 Å². The molecule has 0 saturated heterocycles. The Labute approximate surface area is 260 Å². The highest BCUT2D eigenvalue weighted by Crippen LogP contribution is 2.43. The summed E-state index contributed by atoms with van der Waals surface area (Å²) in [4.78, 5) is 24.5. The fraction of sp³-hybridized carbons (Fsp3) is 0.250. The van der Waals surface area contributed by atoms with E-state index in [1.165, 1.54) is 12.1 Å². The monoisotopic (exact) mass is 604 g/mol. The van der Waals surface area contributed by atoms with Gasteiger partial charge in [0.05, 0.1) is 23.4 Å². The molecule has 0 aliphatic carbocycles. The summed E-state index contributed by atoms with van der Waals surface area (Å²) in [5.41, 5.74) is 6.06. The van der Waals surface area contributed by atoms with E-state index in [4.69, 9.17) is 19.4 Å². The summed E-state index contributed by atoms with van der Waals surface area (Å²) in [6.45, 7) is 8.00. The first-order valence-electron chi connectivity index (χ1n) is 14.9. The van der Waals surface area contributed by atoms with Gasteiger partial charge in [-0.15, -0.1) is 0 Å². The normalized spacial score (nSPS) is 16.6. The van der Waals surface area contributed by atoms with Crippen molar-refractivity contribution in [2.24, 2.45) is 0 Å². The zero-order chi connectivity index (χ0) is 31.5. The lowest BCUT2D eigenvalue weighted by atomic mass is 9.97. The van der Waals surface area contributed by atoms with Crippen LogP contribution >= 0.6 is 0 Å². The van der Waals surface area contributed by atoms with Crippen LogP contribution in [0.3, 0.4) is 0 Å². The number of carboxylic acids is 1. The van der Waals surface area contributed by atoms with E-state index in [0.29, 0.717) is 23.8 Å². The average molecular weight is 605 g/mol. The second-order valence-corrected chi connectivity index (χ2v) is 12.4. The van der Waals surface area contributed by atoms with Crippen LogP contribution in [0.4, 0.5) is 4.39 Å². The van der Waals surface area contributed by atoms with Crippen molar-refractivity contribution in [3.05, 3.63) is 108 Å². The number of imidazole rings is 1. The summed E-state index contributed by atoms with van der Waals surface area (Å²) in [7, 11) is 0. The van der Waals surface area contributed by atoms with Gasteiger partial charge >= 0.3 is 5.97 Å². The topological polar surface area (TPSA) is 89.7 Å². The van der Waals surface area contributed by atoms with Crippen molar-refractivity contribution in [1.82, 2.24) is 19.4 Å². The lowest BCUT2D eigenvalue weighted by Crippen LogP contribution is -2.50. The molecule has 9 heteroatoms. The summed E-state index contributed by atoms with van der Waals surface area (Å²) < 4.78 is 27.8. The Hall–Kier alpha value is -5.02. The van der Waals surface area contributed by atoms with Crippen LogP contribution in [0.5, 0.6) is 5.75 Å². The number of ether oxygens (including phenoxy) is 2. The molecular weight excluding hydrogens is 571 g/mol. The van der Waals surface area contributed by atoms with E-state index in [1.54, 1.807) is 23.2 Å². The SMILES string of the molecule is CC1=Cc2nc(-c3cccc(-c4ccc(F)cc4)c3)cn2C(c2ccc3c4c(ccnc24)CCO3)N1C(OC(C)(C)C)C(=O)O. The van der Waals surface area contributed by atoms with Gasteiger partial charge in [0.15, 0.2) is 0 Å². The number of hydrogen-bond donors (Lipinski definition) is 1. The molecule has 7 rings (SSSR count). The second-order valence-electron chi connectivity index (χ2n) is 12.4. The first kappa shape index (κ1) is 28.7. The third kappa shape index (κ3) is 5.23. The van der Waals surface area contributed by atoms with Crippen LogP contribution in [-0.2, 0) is 16.0 Å². The minimum absolute atomic E-state index is 0.288. The largest absolute Gasteiger partial charge is 0.493 e. The van der Waals surface area contributed by atoms with Gasteiger partial charge in [0.1, 0.15) is 23.6 Å². The van der Waals surface area contributed by atoms with Gasteiger partial charge in [-0.3, -0.25) is 4.98 Å². The summed E-state index contributed by atoms with van der Waals surface area (Å²) >= 11 is 0. The number of benzene rings is 3. The number of rotatable bonds is 6. The summed E-state index contributed by atoms with van der Waals surface area (Å²) in [5.74, 6) is 0.0527. The van der Waals surface area contributed by atoms with E-state index in [1.807, 2.05) is 87.0 Å². The zero-order valence-electron chi connectivity index (χ0n) is 25.5. The highest BCUT2D eigenvalue weighted by atomic mass is 19.1. The van der Waals surface area contributed by atoms with Crippen LogP contribution in [0.15, 0.2) is 84.8 Å². The molecule has 2 aliphatic heterocycles. The molecule has 5 aromatic rings. The molecule has 2 aromatic heterocycles. The van der Waals surface area contributed by atoms with E-state index < -0.39 is 24.0 Å². The maximum Gasteiger partial charge on any atom is 0.354 e. The highest BCUT2D eigenvalue weighted by Gasteiger charge is 2.41. The fourth-order valence-electron chi connectivity index (χ4n) is 6.24. The van der Waals surface area contributed by atoms with Crippen LogP contribution in [-0.4, -0.2) is 48.9 Å². The van der Waals surface area contributed by atoms with E-state index in [2.05, 4.69) is 0 Å². The zero-order valence-corrected chi connectivity index (χ0v) is 25.5. The first-order valence-corrected chi connectivity index (χ1v) is 14.9. The molecule has 0 spiro atoms. The minimum atomic E-state index is -1.30. The van der Waals surface area contributed by atoms with Gasteiger partial charge in [0, 0.05) is 47.1 Å². The third-order valence-corrected chi connectivity index (χ3v) is 8.18. The predicted molar refractivity (Wildman–Crippen MR) is 170 cm³/mol. The Kier molecular flexibility index (Phi) is 6.93. The molecule has 2 atom stereocenters. The van der Waals surface area contributed by atoms with Crippen molar-refractivity contribution in [3.8, 4) is 28.1 Å². The molecule has 228 valence electrons. The van der Waals surface area contributed by atoms with Crippen molar-refractivity contribution in [2.45, 2.75) is 52.1 Å². The lowest BCUT2D eigenvalue weighted by molar-refractivity contribution is -0.184. The lowest BCUT2D eigenvalue weighted by Gasteiger charge is -2.43. The fourth-order valence-corrected chi connectivity index (χ4v) is 6.24. The molecule has 0 bridgehead atoms. The molecule has 45 heavy (non-hydrogen) atoms. The van der Waals surface area contributed by atoms with Crippen molar-refractivity contribution >= 4 is 22.9 Å². The first-order chi connectivity index (χ1) is 21.6. The Morgan fingerprint density at radius 2 is 1.84 bits per heavy atom. The Morgan fingerprint density at radius 1 is 1.07 bits per heavy atom. The number of halogens is 1. The van der Waals surface area contributed by atoms with Crippen molar-refractivity contribution in [1.29, 1.82) is 0 Å². The molecule has 0 saturated carbocycles. The average Bonchev–Trinajstić information content (AvgIpc) is 3.44. The van der Waals surface area contributed by atoms with E-state index >= 15 is 0 Å². The number of aliphatic carboxylic acids is 1. The molecule has 3 aromatic carbocycles. The quantitative estimate of drug-likeness (QED) is 0.218. The summed E-state index contributed by atoms with van der Waals surface area (Å²) in [5, 5.41) is 11.5. The molecule has 0 radical (unpaired) electrons. The summed E-state index contributed by atoms with van der Waals surface area (Å²) in [6, 6.07) is 20.2. The van der Waals surface area contributed by atoms with Gasteiger partial charge < -0.3 is 24.0 Å². The van der Waals surface area contributed by atoms with Gasteiger partial charge in [0.25, 0.3) is 0 Å². The predicted octanol–water partition coefficient (Wildman–Crippen LogP) is 7.29. The molecule has 4 heterocycles. The standard InChI is InChI=1S/C36H33FN4O4/c1-21-18-30-39-28(25-7-5-6-24(19-25)22-8-10-26(37)11-9-22)20-40(30)33(41(21)34(35(42)43)45-36(2,3)4)27-12-13-29-31-23(15-17-44-29)14-16-38-32(27)31/h5-14,16,18-20,33-34H,15,17H2,1-4H3,(H,42,43). The van der Waals surface area contributed by atoms with E-state index in [9.17, 15) is 14.3 Å². The molecule has 2 aliphatic rings. The second kappa shape index (κ2) is 10.9. The number of aromatic nitrogens is 3. The van der Waals surface area contributed by atoms with Crippen molar-refractivity contribution in [2.75, 3.05) is 6.61 Å². The smallest absolute Gasteiger partial charge is 0.354 e. The number of carbonyl (C=O) groups is 1. The number of allylic oxidation sites excluding steroid dienone is 1. The van der Waals surface area contributed by atoms with Gasteiger partial charge in [-0.25, -0.2) is 14.2 Å². The Bertz CT molecular complexity index is 1970. The molecule has 1 N–H and O–H groups in total. The van der Waals surface area contributed by atoms with Crippen molar-refractivity contribution < 1.29 is 23.8 Å². The number of fused-ring (bicyclic) bond motifs is 1. The van der Waals surface area contributed by atoms with Crippen LogP contribution in [0, 0.1) is 5.82 Å². The minimum Gasteiger partial charge on any atom is -0.493 e. The van der Waals surface area contributed by atoms with Crippen LogP contribution in [0.1, 0.15) is 50.8 Å². The molecule has 8 nitrogen and oxygen atoms in total. The van der Waals surface area contributed by atoms with E-state index in [0.717, 1.165) is 50.9 Å². The highest BCUT2D eigenvalue weighted by molar-refractivity contribution is 5.92. The van der Waals surface area contributed by atoms with Crippen LogP contribution < -0.4 is 4.74 Å². The number of pyridine rings is 1. The maximum absolute atomic E-state index is 13.6. The summed E-state index contributed by atoms with van der Waals surface area (Å²) in [6.07, 6.45) is 4.45. The molecule has 2 unspecified atom stereocenters. The number of nitrogens with zero attached hydrogens (tertiary/aromatic N) is 4. The maximum atomic E-state index is 13.6. The molecular formula is C36H33FN4O4. The van der Waals surface area contributed by atoms with Crippen LogP contribution in [0.25, 0.3) is 39.4 Å². The molecule has 0 amide bonds. The van der Waals surface area contributed by atoms with Gasteiger partial charge in [-0.2, -0.15) is 0 Å². The Morgan fingerprint density at radius 3 is 2.60 bits per heavy atom. The molecule has 0 fully saturated rings. The number of hydrogen-bond acceptors (Lipinski definition) is 6.